The van der Waals surface area contributed by atoms with Gasteiger partial charge in [-0.25, -0.2) is 28.0 Å². The van der Waals surface area contributed by atoms with Gasteiger partial charge in [0.25, 0.3) is 0 Å². The number of hydrogen-bond acceptors (Lipinski definition) is 24. The van der Waals surface area contributed by atoms with Gasteiger partial charge in [-0.05, 0) is 55.4 Å². The molecule has 0 saturated heterocycles. The molecular formula is C22H48FN3O26P4. The van der Waals surface area contributed by atoms with Crippen molar-refractivity contribution >= 4 is 31.3 Å². The summed E-state index contributed by atoms with van der Waals surface area (Å²) in [5.41, 5.74) is 1.51. The lowest BCUT2D eigenvalue weighted by Crippen LogP contribution is -2.26. The summed E-state index contributed by atoms with van der Waals surface area (Å²) in [4.78, 5) is 63.6. The minimum Gasteiger partial charge on any atom is -0.409 e. The van der Waals surface area contributed by atoms with E-state index in [0.29, 0.717) is 37.4 Å². The molecule has 0 aliphatic rings. The molecule has 0 fully saturated rings. The minimum absolute atomic E-state index is 0.0942. The summed E-state index contributed by atoms with van der Waals surface area (Å²) in [5.74, 6) is -0.816. The molecule has 6 atom stereocenters. The first-order valence-electron chi connectivity index (χ1n) is 15.6. The van der Waals surface area contributed by atoms with Crippen LogP contribution in [0.1, 0.15) is 19.8 Å². The van der Waals surface area contributed by atoms with Crippen molar-refractivity contribution in [2.75, 3.05) is 80.0 Å². The highest BCUT2D eigenvalue weighted by Crippen LogP contribution is 2.45. The van der Waals surface area contributed by atoms with E-state index in [4.69, 9.17) is 18.8 Å². The highest BCUT2D eigenvalue weighted by molar-refractivity contribution is 7.48. The van der Waals surface area contributed by atoms with Crippen LogP contribution >= 0.6 is 31.3 Å². The van der Waals surface area contributed by atoms with Gasteiger partial charge >= 0.3 is 31.3 Å². The highest BCUT2D eigenvalue weighted by atomic mass is 31.2. The first-order chi connectivity index (χ1) is 26.4. The summed E-state index contributed by atoms with van der Waals surface area (Å²) in [6.07, 6.45) is 3.47. The van der Waals surface area contributed by atoms with E-state index < -0.39 is 82.8 Å². The van der Waals surface area contributed by atoms with E-state index in [-0.39, 0.29) is 19.7 Å². The van der Waals surface area contributed by atoms with Crippen LogP contribution in [-0.2, 0) is 99.7 Å². The molecule has 56 heavy (non-hydrogen) atoms. The molecule has 8 N–H and O–H groups in total. The summed E-state index contributed by atoms with van der Waals surface area (Å²) in [5, 5.41) is 29.6. The van der Waals surface area contributed by atoms with E-state index in [0.717, 1.165) is 13.0 Å². The van der Waals surface area contributed by atoms with Crippen LogP contribution in [0.4, 0.5) is 4.48 Å². The Morgan fingerprint density at radius 3 is 1.55 bits per heavy atom. The second-order valence-electron chi connectivity index (χ2n) is 10.3. The molecule has 0 aliphatic heterocycles. The van der Waals surface area contributed by atoms with Crippen LogP contribution in [0.15, 0.2) is 25.0 Å². The molecule has 0 aliphatic carbocycles. The molecule has 0 aromatic heterocycles. The summed E-state index contributed by atoms with van der Waals surface area (Å²) in [6.45, 7) is -0.610. The van der Waals surface area contributed by atoms with Crippen molar-refractivity contribution in [2.45, 2.75) is 19.8 Å². The van der Waals surface area contributed by atoms with Crippen LogP contribution in [-0.4, -0.2) is 104 Å². The third kappa shape index (κ3) is 35.8. The molecule has 0 spiro atoms. The molecule has 0 amide bonds. The Morgan fingerprint density at radius 2 is 1.04 bits per heavy atom. The van der Waals surface area contributed by atoms with E-state index in [1.54, 1.807) is 7.05 Å². The second-order valence-corrected chi connectivity index (χ2v) is 15.8. The zero-order valence-corrected chi connectivity index (χ0v) is 33.6. The zero-order chi connectivity index (χ0) is 42.2. The normalized spacial score (nSPS) is 17.2. The first kappa shape index (κ1) is 54.7. The van der Waals surface area contributed by atoms with Gasteiger partial charge in [-0.15, -0.1) is 4.48 Å². The van der Waals surface area contributed by atoms with Crippen LogP contribution in [0.5, 0.6) is 0 Å². The Kier molecular flexibility index (Phi) is 31.8. The van der Waals surface area contributed by atoms with Crippen molar-refractivity contribution < 1.29 is 129 Å². The van der Waals surface area contributed by atoms with Gasteiger partial charge in [-0.3, -0.25) is 32.4 Å². The molecule has 0 aromatic carbocycles. The summed E-state index contributed by atoms with van der Waals surface area (Å²) in [6, 6.07) is 0. The van der Waals surface area contributed by atoms with Gasteiger partial charge in [0.05, 0.1) is 33.0 Å². The lowest BCUT2D eigenvalue weighted by atomic mass is 9.97. The Morgan fingerprint density at radius 1 is 0.554 bits per heavy atom. The average molecular weight is 914 g/mol. The fraction of sp³-hybridized carbons (Fsp3) is 0.818. The third-order valence-electron chi connectivity index (χ3n) is 5.64. The highest BCUT2D eigenvalue weighted by Gasteiger charge is 2.26. The lowest BCUT2D eigenvalue weighted by Gasteiger charge is -2.19. The molecule has 6 unspecified atom stereocenters. The molecule has 34 heteroatoms. The second kappa shape index (κ2) is 32.5. The van der Waals surface area contributed by atoms with Crippen LogP contribution in [0.2, 0.25) is 0 Å². The molecule has 0 heterocycles. The van der Waals surface area contributed by atoms with Crippen LogP contribution < -0.4 is 16.2 Å². The molecule has 0 saturated carbocycles. The van der Waals surface area contributed by atoms with E-state index in [2.05, 4.69) is 83.0 Å². The maximum absolute atomic E-state index is 12.6. The molecule has 29 nitrogen and oxygen atoms in total. The van der Waals surface area contributed by atoms with Crippen LogP contribution in [0.3, 0.4) is 0 Å². The molecule has 0 rings (SSSR count). The van der Waals surface area contributed by atoms with E-state index >= 15 is 0 Å². The number of phosphoric acid groups is 4. The van der Waals surface area contributed by atoms with Gasteiger partial charge < -0.3 is 44.1 Å². The fourth-order valence-electron chi connectivity index (χ4n) is 3.31. The van der Waals surface area contributed by atoms with Gasteiger partial charge in [0, 0.05) is 39.2 Å². The number of hydrogen-bond donors (Lipinski definition) is 8. The molecule has 334 valence electrons. The van der Waals surface area contributed by atoms with Crippen molar-refractivity contribution in [1.29, 1.82) is 0 Å². The van der Waals surface area contributed by atoms with Crippen LogP contribution in [0.25, 0.3) is 0 Å². The number of rotatable bonds is 40. The number of nitrogens with one attached hydrogen (secondary N) is 3. The van der Waals surface area contributed by atoms with Gasteiger partial charge in [-0.2, -0.15) is 5.54 Å². The van der Waals surface area contributed by atoms with E-state index in [1.165, 1.54) is 12.6 Å². The monoisotopic (exact) mass is 913 g/mol. The quantitative estimate of drug-likeness (QED) is 0.0108. The summed E-state index contributed by atoms with van der Waals surface area (Å²) >= 11 is 0. The molecule has 0 aromatic rings. The Labute approximate surface area is 318 Å². The number of phosphoric ester groups is 4. The third-order valence-corrected chi connectivity index (χ3v) is 8.87. The lowest BCUT2D eigenvalue weighted by molar-refractivity contribution is -0.700. The molecule has 0 radical (unpaired) electrons. The zero-order valence-electron chi connectivity index (χ0n) is 30.0. The summed E-state index contributed by atoms with van der Waals surface area (Å²) in [7, 11) is -15.3. The van der Waals surface area contributed by atoms with Gasteiger partial charge in [0.1, 0.15) is 25.7 Å². The maximum Gasteiger partial charge on any atom is 0.527 e. The average Bonchev–Trinajstić information content (AvgIpc) is 3.11. The van der Waals surface area contributed by atoms with Crippen molar-refractivity contribution in [3.63, 3.8) is 0 Å². The predicted molar refractivity (Wildman–Crippen MR) is 175 cm³/mol. The maximum atomic E-state index is 12.6. The van der Waals surface area contributed by atoms with Gasteiger partial charge in [0.15, 0.2) is 12.5 Å². The fourth-order valence-corrected chi connectivity index (χ4v) is 5.73. The Bertz CT molecular complexity index is 1240. The van der Waals surface area contributed by atoms with Crippen molar-refractivity contribution in [1.82, 2.24) is 16.2 Å². The minimum atomic E-state index is -4.75. The van der Waals surface area contributed by atoms with Crippen molar-refractivity contribution in [2.24, 2.45) is 17.8 Å². The summed E-state index contributed by atoms with van der Waals surface area (Å²) < 4.78 is 90.8. The SMILES string of the molecule is CNCC(C)CCC(CNF)COP(=O)(O)O/C=C/OOOOOCCOP(=O)(O)O/C=C\OOOOOCCOP(=O)(O)OCC(CNC)COP(=O)(O)O. The smallest absolute Gasteiger partial charge is 0.409 e. The molecular weight excluding hydrogens is 865 g/mol. The Hall–Kier alpha value is -1.31. The van der Waals surface area contributed by atoms with Crippen molar-refractivity contribution in [3.05, 3.63) is 25.0 Å². The first-order valence-corrected chi connectivity index (χ1v) is 21.6. The van der Waals surface area contributed by atoms with Gasteiger partial charge in [0.2, 0.25) is 0 Å². The van der Waals surface area contributed by atoms with Gasteiger partial charge in [-0.1, -0.05) is 6.92 Å². The van der Waals surface area contributed by atoms with Crippen LogP contribution in [0, 0.1) is 17.8 Å². The van der Waals surface area contributed by atoms with Crippen molar-refractivity contribution in [3.8, 4) is 0 Å². The topological polar surface area (TPSA) is 362 Å². The largest absolute Gasteiger partial charge is 0.527 e. The standard InChI is InChI=1S/C22H48FN3O26P4/c1-20(14-24-2)4-5-21(16-26-23)17-45-55(32,33)42-12-8-38-49-51-47-36-6-10-40-54(30,31)41-11-7-37-48-52-50-39-9-13-43-56(34,35)46-19-22(15-25-3)18-44-53(27,28)29/h7-8,11-12,20-22,24-26H,4-6,9-10,13-19H2,1-3H3,(H,30,31)(H,32,33)(H,34,35)(H2,27,28,29)/b11-7-,12-8+. The Balaban J connectivity index is 3.91. The molecule has 0 bridgehead atoms. The predicted octanol–water partition coefficient (Wildman–Crippen LogP) is 1.49. The number of halogens is 1. The van der Waals surface area contributed by atoms with E-state index in [9.17, 15) is 37.4 Å². The van der Waals surface area contributed by atoms with E-state index in [1.807, 2.05) is 6.92 Å².